The Kier molecular flexibility index (Phi) is 3.65. The summed E-state index contributed by atoms with van der Waals surface area (Å²) in [6.45, 7) is 3.21. The van der Waals surface area contributed by atoms with Gasteiger partial charge in [0.05, 0.1) is 5.52 Å². The molecule has 2 heterocycles. The van der Waals surface area contributed by atoms with Gasteiger partial charge in [0.25, 0.3) is 0 Å². The molecule has 2 aromatic heterocycles. The Hall–Kier alpha value is -3.02. The zero-order valence-electron chi connectivity index (χ0n) is 12.7. The highest BCUT2D eigenvalue weighted by atomic mass is 19.1. The van der Waals surface area contributed by atoms with Gasteiger partial charge in [-0.3, -0.25) is 9.78 Å². The zero-order chi connectivity index (χ0) is 16.6. The van der Waals surface area contributed by atoms with E-state index in [0.29, 0.717) is 33.8 Å². The second kappa shape index (κ2) is 5.64. The van der Waals surface area contributed by atoms with E-state index in [9.17, 15) is 9.18 Å². The summed E-state index contributed by atoms with van der Waals surface area (Å²) in [5.41, 5.74) is 8.65. The second-order valence-electron chi connectivity index (χ2n) is 5.30. The van der Waals surface area contributed by atoms with Crippen LogP contribution in [-0.4, -0.2) is 15.9 Å². The van der Waals surface area contributed by atoms with Gasteiger partial charge in [0, 0.05) is 47.1 Å². The number of aryl methyl sites for hydroxylation is 1. The highest BCUT2D eigenvalue weighted by Crippen LogP contribution is 2.30. The molecule has 1 amide bonds. The smallest absolute Gasteiger partial charge is 0.222 e. The Morgan fingerprint density at radius 2 is 2.00 bits per heavy atom. The number of hydrogen-bond donors (Lipinski definition) is 2. The van der Waals surface area contributed by atoms with Crippen LogP contribution >= 0.6 is 0 Å². The van der Waals surface area contributed by atoms with Crippen LogP contribution in [0.2, 0.25) is 0 Å². The maximum atomic E-state index is 14.1. The fraction of sp³-hybridized carbons (Fsp3) is 0.118. The lowest BCUT2D eigenvalue weighted by Gasteiger charge is -2.10. The molecule has 0 aliphatic rings. The molecule has 0 saturated carbocycles. The number of carbonyl (C=O) groups is 1. The van der Waals surface area contributed by atoms with Crippen molar-refractivity contribution in [3.05, 3.63) is 48.0 Å². The summed E-state index contributed by atoms with van der Waals surface area (Å²) in [5.74, 6) is -0.127. The number of hydrogen-bond acceptors (Lipinski definition) is 4. The van der Waals surface area contributed by atoms with Gasteiger partial charge >= 0.3 is 0 Å². The van der Waals surface area contributed by atoms with E-state index in [1.807, 2.05) is 6.07 Å². The predicted molar refractivity (Wildman–Crippen MR) is 88.4 cm³/mol. The predicted octanol–water partition coefficient (Wildman–Crippen LogP) is 3.28. The van der Waals surface area contributed by atoms with Crippen LogP contribution in [0, 0.1) is 12.7 Å². The van der Waals surface area contributed by atoms with Gasteiger partial charge in [-0.2, -0.15) is 0 Å². The van der Waals surface area contributed by atoms with E-state index in [4.69, 9.17) is 5.73 Å². The molecule has 23 heavy (non-hydrogen) atoms. The Labute approximate surface area is 132 Å². The molecular weight excluding hydrogens is 295 g/mol. The third-order valence-corrected chi connectivity index (χ3v) is 3.47. The van der Waals surface area contributed by atoms with Crippen LogP contribution in [0.25, 0.3) is 22.0 Å². The van der Waals surface area contributed by atoms with Crippen molar-refractivity contribution in [2.75, 3.05) is 11.1 Å². The molecule has 0 aliphatic carbocycles. The van der Waals surface area contributed by atoms with Crippen molar-refractivity contribution >= 4 is 28.3 Å². The number of anilines is 2. The van der Waals surface area contributed by atoms with E-state index in [1.54, 1.807) is 25.3 Å². The maximum absolute atomic E-state index is 14.1. The monoisotopic (exact) mass is 310 g/mol. The molecule has 0 unspecified atom stereocenters. The lowest BCUT2D eigenvalue weighted by atomic mass is 10.0. The van der Waals surface area contributed by atoms with E-state index in [0.717, 1.165) is 5.39 Å². The van der Waals surface area contributed by atoms with Crippen LogP contribution in [0.1, 0.15) is 12.6 Å². The molecule has 3 rings (SSSR count). The molecule has 0 fully saturated rings. The van der Waals surface area contributed by atoms with Crippen LogP contribution in [0.3, 0.4) is 0 Å². The number of nitrogen functional groups attached to an aromatic ring is 1. The lowest BCUT2D eigenvalue weighted by Crippen LogP contribution is -2.07. The number of fused-ring (bicyclic) bond motifs is 1. The molecule has 0 spiro atoms. The van der Waals surface area contributed by atoms with Crippen molar-refractivity contribution < 1.29 is 9.18 Å². The Morgan fingerprint density at radius 1 is 1.22 bits per heavy atom. The Balaban J connectivity index is 2.15. The van der Waals surface area contributed by atoms with Gasteiger partial charge in [-0.15, -0.1) is 0 Å². The first-order valence-electron chi connectivity index (χ1n) is 7.04. The average Bonchev–Trinajstić information content (AvgIpc) is 2.48. The summed E-state index contributed by atoms with van der Waals surface area (Å²) in [6, 6.07) is 7.95. The van der Waals surface area contributed by atoms with Crippen LogP contribution < -0.4 is 11.1 Å². The number of carbonyl (C=O) groups excluding carboxylic acids is 1. The molecule has 0 atom stereocenters. The standard InChI is InChI=1S/C17H15FN4O/c1-9-13(14-6-12(19)3-4-15(14)18)5-11-8-20-17(22-10(2)23)7-16(11)21-9/h3-8H,19H2,1-2H3,(H,20,22,23). The van der Waals surface area contributed by atoms with Gasteiger partial charge in [0.15, 0.2) is 0 Å². The quantitative estimate of drug-likeness (QED) is 0.712. The summed E-state index contributed by atoms with van der Waals surface area (Å²) < 4.78 is 14.1. The molecular formula is C17H15FN4O. The van der Waals surface area contributed by atoms with Crippen LogP contribution in [0.4, 0.5) is 15.9 Å². The number of rotatable bonds is 2. The van der Waals surface area contributed by atoms with Crippen LogP contribution in [-0.2, 0) is 4.79 Å². The number of nitrogens with two attached hydrogens (primary N) is 1. The minimum absolute atomic E-state index is 0.202. The first kappa shape index (κ1) is 14.9. The molecule has 0 bridgehead atoms. The number of nitrogens with zero attached hydrogens (tertiary/aromatic N) is 2. The first-order chi connectivity index (χ1) is 10.9. The van der Waals surface area contributed by atoms with Gasteiger partial charge in [-0.1, -0.05) is 0 Å². The molecule has 116 valence electrons. The first-order valence-corrected chi connectivity index (χ1v) is 7.04. The van der Waals surface area contributed by atoms with E-state index in [-0.39, 0.29) is 11.7 Å². The number of nitrogens with one attached hydrogen (secondary N) is 1. The van der Waals surface area contributed by atoms with Crippen LogP contribution in [0.5, 0.6) is 0 Å². The molecule has 0 saturated heterocycles. The number of pyridine rings is 2. The summed E-state index contributed by atoms with van der Waals surface area (Å²) >= 11 is 0. The van der Waals surface area contributed by atoms with E-state index in [1.165, 1.54) is 19.1 Å². The average molecular weight is 310 g/mol. The lowest BCUT2D eigenvalue weighted by molar-refractivity contribution is -0.114. The number of benzene rings is 1. The molecule has 3 aromatic rings. The molecule has 1 aromatic carbocycles. The topological polar surface area (TPSA) is 80.9 Å². The van der Waals surface area contributed by atoms with Crippen molar-refractivity contribution in [1.82, 2.24) is 9.97 Å². The second-order valence-corrected chi connectivity index (χ2v) is 5.30. The van der Waals surface area contributed by atoms with Gasteiger partial charge in [-0.05, 0) is 31.2 Å². The molecule has 5 nitrogen and oxygen atoms in total. The number of halogens is 1. The maximum Gasteiger partial charge on any atom is 0.222 e. The SMILES string of the molecule is CC(=O)Nc1cc2nc(C)c(-c3cc(N)ccc3F)cc2cn1. The van der Waals surface area contributed by atoms with Crippen molar-refractivity contribution in [2.45, 2.75) is 13.8 Å². The Morgan fingerprint density at radius 3 is 2.74 bits per heavy atom. The van der Waals surface area contributed by atoms with Crippen LogP contribution in [0.15, 0.2) is 36.5 Å². The van der Waals surface area contributed by atoms with Gasteiger partial charge < -0.3 is 11.1 Å². The molecule has 3 N–H and O–H groups in total. The summed E-state index contributed by atoms with van der Waals surface area (Å²) in [5, 5.41) is 3.36. The Bertz CT molecular complexity index is 924. The fourth-order valence-electron chi connectivity index (χ4n) is 2.43. The molecule has 0 aliphatic heterocycles. The van der Waals surface area contributed by atoms with Crippen molar-refractivity contribution in [2.24, 2.45) is 0 Å². The van der Waals surface area contributed by atoms with Crippen molar-refractivity contribution in [1.29, 1.82) is 0 Å². The highest BCUT2D eigenvalue weighted by molar-refractivity contribution is 5.91. The normalized spacial score (nSPS) is 10.7. The van der Waals surface area contributed by atoms with E-state index >= 15 is 0 Å². The minimum atomic E-state index is -0.355. The largest absolute Gasteiger partial charge is 0.399 e. The number of aromatic nitrogens is 2. The molecule has 6 heteroatoms. The minimum Gasteiger partial charge on any atom is -0.399 e. The van der Waals surface area contributed by atoms with E-state index in [2.05, 4.69) is 15.3 Å². The molecule has 0 radical (unpaired) electrons. The zero-order valence-corrected chi connectivity index (χ0v) is 12.7. The van der Waals surface area contributed by atoms with Gasteiger partial charge in [-0.25, -0.2) is 9.37 Å². The summed E-state index contributed by atoms with van der Waals surface area (Å²) in [7, 11) is 0. The third kappa shape index (κ3) is 2.96. The summed E-state index contributed by atoms with van der Waals surface area (Å²) in [6.07, 6.45) is 1.60. The number of amides is 1. The van der Waals surface area contributed by atoms with Gasteiger partial charge in [0.2, 0.25) is 5.91 Å². The third-order valence-electron chi connectivity index (χ3n) is 3.47. The van der Waals surface area contributed by atoms with Crippen molar-refractivity contribution in [3.8, 4) is 11.1 Å². The fourth-order valence-corrected chi connectivity index (χ4v) is 2.43. The highest BCUT2D eigenvalue weighted by Gasteiger charge is 2.11. The summed E-state index contributed by atoms with van der Waals surface area (Å²) in [4.78, 5) is 19.8. The van der Waals surface area contributed by atoms with E-state index < -0.39 is 0 Å². The van der Waals surface area contributed by atoms with Crippen molar-refractivity contribution in [3.63, 3.8) is 0 Å². The van der Waals surface area contributed by atoms with Gasteiger partial charge in [0.1, 0.15) is 11.6 Å².